The Balaban J connectivity index is 1.25. The van der Waals surface area contributed by atoms with Gasteiger partial charge in [-0.05, 0) is 63.4 Å². The predicted octanol–water partition coefficient (Wildman–Crippen LogP) is 3.88. The number of benzene rings is 1. The van der Waals surface area contributed by atoms with E-state index in [1.807, 2.05) is 18.0 Å². The van der Waals surface area contributed by atoms with Crippen LogP contribution in [0.2, 0.25) is 0 Å². The first-order valence-corrected chi connectivity index (χ1v) is 13.0. The van der Waals surface area contributed by atoms with Gasteiger partial charge < -0.3 is 19.1 Å². The van der Waals surface area contributed by atoms with Gasteiger partial charge in [0.1, 0.15) is 23.0 Å². The summed E-state index contributed by atoms with van der Waals surface area (Å²) in [5, 5.41) is 9.30. The molecule has 9 nitrogen and oxygen atoms in total. The molecule has 3 aromatic rings. The minimum absolute atomic E-state index is 0.0706. The molecular weight excluding hydrogens is 511 g/mol. The molecule has 4 heterocycles. The van der Waals surface area contributed by atoms with E-state index in [1.165, 1.54) is 18.5 Å². The van der Waals surface area contributed by atoms with Crippen molar-refractivity contribution in [2.24, 2.45) is 18.9 Å². The van der Waals surface area contributed by atoms with Crippen molar-refractivity contribution < 1.29 is 22.7 Å². The summed E-state index contributed by atoms with van der Waals surface area (Å²) in [6.45, 7) is 3.25. The molecule has 2 aromatic heterocycles. The lowest BCUT2D eigenvalue weighted by molar-refractivity contribution is -0.139. The summed E-state index contributed by atoms with van der Waals surface area (Å²) in [5.74, 6) is 0.171. The summed E-state index contributed by atoms with van der Waals surface area (Å²) in [7, 11) is 3.71. The van der Waals surface area contributed by atoms with E-state index in [1.54, 1.807) is 11.6 Å². The molecule has 1 amide bonds. The molecule has 2 saturated heterocycles. The first-order chi connectivity index (χ1) is 18.6. The third-order valence-electron chi connectivity index (χ3n) is 7.67. The summed E-state index contributed by atoms with van der Waals surface area (Å²) in [6.07, 6.45) is -0.0405. The van der Waals surface area contributed by atoms with E-state index in [0.29, 0.717) is 30.7 Å². The Morgan fingerprint density at radius 1 is 1.15 bits per heavy atom. The van der Waals surface area contributed by atoms with Crippen molar-refractivity contribution >= 4 is 17.1 Å². The second kappa shape index (κ2) is 10.8. The summed E-state index contributed by atoms with van der Waals surface area (Å²) < 4.78 is 49.3. The van der Waals surface area contributed by atoms with Crippen molar-refractivity contribution in [3.63, 3.8) is 0 Å². The predicted molar refractivity (Wildman–Crippen MR) is 136 cm³/mol. The molecule has 1 aromatic carbocycles. The Morgan fingerprint density at radius 2 is 1.92 bits per heavy atom. The summed E-state index contributed by atoms with van der Waals surface area (Å²) in [6, 6.07) is 5.62. The summed E-state index contributed by atoms with van der Waals surface area (Å²) in [5.41, 5.74) is 0.0718. The van der Waals surface area contributed by atoms with Gasteiger partial charge in [0.2, 0.25) is 11.7 Å². The lowest BCUT2D eigenvalue weighted by Gasteiger charge is -2.33. The van der Waals surface area contributed by atoms with Gasteiger partial charge in [0, 0.05) is 32.2 Å². The first-order valence-electron chi connectivity index (χ1n) is 13.0. The van der Waals surface area contributed by atoms with Crippen molar-refractivity contribution in [1.82, 2.24) is 29.3 Å². The third kappa shape index (κ3) is 5.68. The van der Waals surface area contributed by atoms with Gasteiger partial charge in [-0.2, -0.15) is 23.4 Å². The van der Waals surface area contributed by atoms with Gasteiger partial charge >= 0.3 is 6.18 Å². The van der Waals surface area contributed by atoms with Crippen molar-refractivity contribution in [2.45, 2.75) is 31.9 Å². The van der Waals surface area contributed by atoms with Crippen LogP contribution in [-0.4, -0.2) is 75.1 Å². The Kier molecular flexibility index (Phi) is 7.44. The maximum Gasteiger partial charge on any atom is 0.419 e. The average molecular weight is 542 g/mol. The topological polar surface area (TPSA) is 100 Å². The number of carbonyl (C=O) groups excluding carboxylic acids is 1. The molecular formula is C27H30F3N7O2. The van der Waals surface area contributed by atoms with Crippen LogP contribution in [0.4, 0.5) is 13.2 Å². The number of nitrogens with zero attached hydrogens (tertiary/aromatic N) is 7. The van der Waals surface area contributed by atoms with Gasteiger partial charge in [-0.15, -0.1) is 0 Å². The molecule has 206 valence electrons. The second-order valence-corrected chi connectivity index (χ2v) is 10.4. The van der Waals surface area contributed by atoms with Crippen LogP contribution < -0.4 is 4.74 Å². The molecule has 5 rings (SSSR count). The zero-order valence-electron chi connectivity index (χ0n) is 21.9. The zero-order valence-corrected chi connectivity index (χ0v) is 21.9. The Morgan fingerprint density at radius 3 is 2.59 bits per heavy atom. The van der Waals surface area contributed by atoms with Crippen LogP contribution in [0.3, 0.4) is 0 Å². The molecule has 2 aliphatic rings. The highest BCUT2D eigenvalue weighted by Gasteiger charge is 2.36. The number of carbonyl (C=O) groups is 1. The third-order valence-corrected chi connectivity index (χ3v) is 7.67. The molecule has 39 heavy (non-hydrogen) atoms. The average Bonchev–Trinajstić information content (AvgIpc) is 3.53. The van der Waals surface area contributed by atoms with E-state index >= 15 is 0 Å². The van der Waals surface area contributed by atoms with Crippen LogP contribution >= 0.6 is 0 Å². The van der Waals surface area contributed by atoms with E-state index in [2.05, 4.69) is 19.9 Å². The van der Waals surface area contributed by atoms with Gasteiger partial charge in [0.05, 0.1) is 24.4 Å². The molecule has 2 fully saturated rings. The molecule has 1 unspecified atom stereocenters. The number of likely N-dealkylation sites (tertiary alicyclic amines) is 2. The smallest absolute Gasteiger partial charge is 0.419 e. The molecule has 2 aliphatic heterocycles. The highest BCUT2D eigenvalue weighted by Crippen LogP contribution is 2.39. The Bertz CT molecular complexity index is 1410. The fourth-order valence-corrected chi connectivity index (χ4v) is 5.46. The van der Waals surface area contributed by atoms with E-state index in [4.69, 9.17) is 4.74 Å². The molecule has 0 aliphatic carbocycles. The quantitative estimate of drug-likeness (QED) is 0.467. The molecule has 1 atom stereocenters. The number of imidazole rings is 1. The van der Waals surface area contributed by atoms with Gasteiger partial charge in [-0.1, -0.05) is 0 Å². The molecule has 0 N–H and O–H groups in total. The summed E-state index contributed by atoms with van der Waals surface area (Å²) in [4.78, 5) is 29.3. The maximum atomic E-state index is 14.0. The number of ether oxygens (including phenoxy) is 1. The van der Waals surface area contributed by atoms with Crippen LogP contribution in [0.25, 0.3) is 22.4 Å². The van der Waals surface area contributed by atoms with Gasteiger partial charge in [0.25, 0.3) is 0 Å². The molecule has 0 bridgehead atoms. The number of aromatic nitrogens is 4. The number of alkyl halides is 3. The number of hydrogen-bond acceptors (Lipinski definition) is 7. The zero-order chi connectivity index (χ0) is 27.7. The maximum absolute atomic E-state index is 14.0. The van der Waals surface area contributed by atoms with Gasteiger partial charge in [-0.25, -0.2) is 9.97 Å². The van der Waals surface area contributed by atoms with Crippen molar-refractivity contribution in [2.75, 3.05) is 39.8 Å². The number of amides is 1. The Labute approximate surface area is 224 Å². The van der Waals surface area contributed by atoms with Crippen molar-refractivity contribution in [3.8, 4) is 23.1 Å². The number of fused-ring (bicyclic) bond motifs is 1. The van der Waals surface area contributed by atoms with Gasteiger partial charge in [0.15, 0.2) is 5.65 Å². The number of nitriles is 1. The van der Waals surface area contributed by atoms with E-state index < -0.39 is 11.7 Å². The second-order valence-electron chi connectivity index (χ2n) is 10.4. The minimum Gasteiger partial charge on any atom is -0.493 e. The number of piperidine rings is 1. The number of rotatable bonds is 6. The van der Waals surface area contributed by atoms with Crippen LogP contribution in [0.5, 0.6) is 5.75 Å². The SMILES string of the molecule is CN1CCC(C(=O)N2CCC(CCOc3ccc(-c4nc(C#N)nc5c4ncn5C)cc3C(F)(F)F)CC2)C1. The monoisotopic (exact) mass is 541 g/mol. The normalized spacial score (nSPS) is 19.0. The number of hydrogen-bond donors (Lipinski definition) is 0. The Hall–Kier alpha value is -3.72. The van der Waals surface area contributed by atoms with Crippen LogP contribution in [0.1, 0.15) is 37.1 Å². The fourth-order valence-electron chi connectivity index (χ4n) is 5.46. The van der Waals surface area contributed by atoms with E-state index in [0.717, 1.165) is 38.4 Å². The standard InChI is InChI=1S/C27H30F3N7O2/c1-35-9-7-19(15-35)26(38)37-10-5-17(6-11-37)8-12-39-21-4-3-18(13-20(21)27(28,29)30)23-24-25(36(2)16-32-24)34-22(14-31)33-23/h3-4,13,16-17,19H,5-12,15H2,1-2H3. The van der Waals surface area contributed by atoms with E-state index in [-0.39, 0.29) is 47.2 Å². The lowest BCUT2D eigenvalue weighted by atomic mass is 9.93. The highest BCUT2D eigenvalue weighted by atomic mass is 19.4. The van der Waals surface area contributed by atoms with Crippen molar-refractivity contribution in [1.29, 1.82) is 5.26 Å². The molecule has 0 radical (unpaired) electrons. The first kappa shape index (κ1) is 26.9. The highest BCUT2D eigenvalue weighted by molar-refractivity contribution is 5.88. The van der Waals surface area contributed by atoms with Crippen LogP contribution in [0, 0.1) is 23.2 Å². The van der Waals surface area contributed by atoms with E-state index in [9.17, 15) is 23.2 Å². The van der Waals surface area contributed by atoms with Crippen LogP contribution in [0.15, 0.2) is 24.5 Å². The molecule has 0 spiro atoms. The van der Waals surface area contributed by atoms with Crippen molar-refractivity contribution in [3.05, 3.63) is 35.9 Å². The number of halogens is 3. The number of aryl methyl sites for hydroxylation is 1. The van der Waals surface area contributed by atoms with Gasteiger partial charge in [-0.3, -0.25) is 4.79 Å². The fraction of sp³-hybridized carbons (Fsp3) is 0.519. The largest absolute Gasteiger partial charge is 0.493 e. The minimum atomic E-state index is -4.65. The molecule has 12 heteroatoms. The summed E-state index contributed by atoms with van der Waals surface area (Å²) >= 11 is 0. The lowest BCUT2D eigenvalue weighted by Crippen LogP contribution is -2.42. The molecule has 0 saturated carbocycles. The van der Waals surface area contributed by atoms with Crippen LogP contribution in [-0.2, 0) is 18.0 Å².